The monoisotopic (exact) mass is 278 g/mol. The van der Waals surface area contributed by atoms with Crippen LogP contribution in [-0.2, 0) is 4.74 Å². The largest absolute Gasteiger partial charge is 0.374 e. The summed E-state index contributed by atoms with van der Waals surface area (Å²) in [6, 6.07) is 0. The van der Waals surface area contributed by atoms with Gasteiger partial charge in [0.2, 0.25) is 0 Å². The van der Waals surface area contributed by atoms with Crippen molar-refractivity contribution < 1.29 is 4.74 Å². The standard InChI is InChI=1S/C17H30N2O/c1-19(11-16-10-18-2-3-20-16)12-17-7-13-4-14(8-17)6-15(5-13)9-17/h13-16,18H,2-12H2,1H3. The molecule has 0 aromatic rings. The van der Waals surface area contributed by atoms with Crippen LogP contribution in [0.5, 0.6) is 0 Å². The van der Waals surface area contributed by atoms with E-state index in [1.165, 1.54) is 25.8 Å². The lowest BCUT2D eigenvalue weighted by Crippen LogP contribution is -2.52. The van der Waals surface area contributed by atoms with Crippen LogP contribution in [0.25, 0.3) is 0 Å². The molecule has 20 heavy (non-hydrogen) atoms. The molecule has 5 aliphatic rings. The van der Waals surface area contributed by atoms with Gasteiger partial charge in [0.05, 0.1) is 12.7 Å². The molecule has 0 amide bonds. The van der Waals surface area contributed by atoms with Gasteiger partial charge in [0.1, 0.15) is 0 Å². The van der Waals surface area contributed by atoms with E-state index in [-0.39, 0.29) is 0 Å². The summed E-state index contributed by atoms with van der Waals surface area (Å²) in [5.74, 6) is 3.21. The van der Waals surface area contributed by atoms with Gasteiger partial charge in [-0.05, 0) is 68.7 Å². The third-order valence-electron chi connectivity index (χ3n) is 6.29. The molecular formula is C17H30N2O. The second-order valence-corrected chi connectivity index (χ2v) is 8.31. The number of nitrogens with zero attached hydrogens (tertiary/aromatic N) is 1. The minimum Gasteiger partial charge on any atom is -0.374 e. The van der Waals surface area contributed by atoms with E-state index in [2.05, 4.69) is 17.3 Å². The molecule has 4 bridgehead atoms. The van der Waals surface area contributed by atoms with Crippen LogP contribution in [0.1, 0.15) is 38.5 Å². The normalized spacial score (nSPS) is 47.1. The summed E-state index contributed by atoms with van der Waals surface area (Å²) in [5, 5.41) is 3.45. The summed E-state index contributed by atoms with van der Waals surface area (Å²) in [4.78, 5) is 2.57. The molecule has 1 unspecified atom stereocenters. The first kappa shape index (κ1) is 13.5. The molecule has 4 saturated carbocycles. The van der Waals surface area contributed by atoms with E-state index in [9.17, 15) is 0 Å². The molecule has 1 saturated heterocycles. The Morgan fingerprint density at radius 2 is 1.75 bits per heavy atom. The first-order chi connectivity index (χ1) is 9.71. The molecular weight excluding hydrogens is 248 g/mol. The van der Waals surface area contributed by atoms with E-state index in [1.807, 2.05) is 0 Å². The number of hydrogen-bond acceptors (Lipinski definition) is 3. The van der Waals surface area contributed by atoms with Gasteiger partial charge in [0.15, 0.2) is 0 Å². The zero-order valence-electron chi connectivity index (χ0n) is 12.9. The Morgan fingerprint density at radius 1 is 1.10 bits per heavy atom. The molecule has 1 atom stereocenters. The quantitative estimate of drug-likeness (QED) is 0.852. The molecule has 5 rings (SSSR count). The Bertz CT molecular complexity index is 316. The van der Waals surface area contributed by atoms with Crippen molar-refractivity contribution in [2.24, 2.45) is 23.2 Å². The number of likely N-dealkylation sites (N-methyl/N-ethyl adjacent to an activating group) is 1. The summed E-state index contributed by atoms with van der Waals surface area (Å²) in [6.45, 7) is 5.36. The van der Waals surface area contributed by atoms with Crippen molar-refractivity contribution in [3.05, 3.63) is 0 Å². The summed E-state index contributed by atoms with van der Waals surface area (Å²) >= 11 is 0. The number of rotatable bonds is 4. The molecule has 114 valence electrons. The third-order valence-corrected chi connectivity index (χ3v) is 6.29. The average Bonchev–Trinajstić information content (AvgIpc) is 2.37. The summed E-state index contributed by atoms with van der Waals surface area (Å²) in [7, 11) is 2.32. The lowest BCUT2D eigenvalue weighted by atomic mass is 9.49. The van der Waals surface area contributed by atoms with Crippen LogP contribution in [0.4, 0.5) is 0 Å². The third kappa shape index (κ3) is 2.65. The van der Waals surface area contributed by atoms with Crippen LogP contribution in [0.2, 0.25) is 0 Å². The topological polar surface area (TPSA) is 24.5 Å². The number of hydrogen-bond donors (Lipinski definition) is 1. The van der Waals surface area contributed by atoms with Crippen LogP contribution < -0.4 is 5.32 Å². The number of ether oxygens (including phenoxy) is 1. The van der Waals surface area contributed by atoms with Crippen LogP contribution in [0.15, 0.2) is 0 Å². The maximum atomic E-state index is 5.87. The van der Waals surface area contributed by atoms with Crippen LogP contribution >= 0.6 is 0 Å². The van der Waals surface area contributed by atoms with Gasteiger partial charge < -0.3 is 15.0 Å². The molecule has 0 aromatic heterocycles. The molecule has 5 fully saturated rings. The lowest BCUT2D eigenvalue weighted by Gasteiger charge is -2.57. The van der Waals surface area contributed by atoms with Gasteiger partial charge in [-0.25, -0.2) is 0 Å². The van der Waals surface area contributed by atoms with Crippen LogP contribution in [0, 0.1) is 23.2 Å². The second kappa shape index (κ2) is 5.26. The molecule has 1 aliphatic heterocycles. The van der Waals surface area contributed by atoms with E-state index in [4.69, 9.17) is 4.74 Å². The smallest absolute Gasteiger partial charge is 0.0826 e. The zero-order chi connectivity index (χ0) is 13.6. The number of nitrogens with one attached hydrogen (secondary N) is 1. The zero-order valence-corrected chi connectivity index (χ0v) is 12.9. The molecule has 3 nitrogen and oxygen atoms in total. The Hall–Kier alpha value is -0.120. The predicted octanol–water partition coefficient (Wildman–Crippen LogP) is 2.12. The highest BCUT2D eigenvalue weighted by Gasteiger charge is 2.51. The van der Waals surface area contributed by atoms with Crippen molar-refractivity contribution >= 4 is 0 Å². The van der Waals surface area contributed by atoms with Gasteiger partial charge in [0.25, 0.3) is 0 Å². The maximum absolute atomic E-state index is 5.87. The molecule has 4 aliphatic carbocycles. The fraction of sp³-hybridized carbons (Fsp3) is 1.00. The molecule has 0 spiro atoms. The molecule has 0 aromatic carbocycles. The summed E-state index contributed by atoms with van der Waals surface area (Å²) in [5.41, 5.74) is 0.672. The summed E-state index contributed by atoms with van der Waals surface area (Å²) in [6.07, 6.45) is 9.63. The number of morpholine rings is 1. The Kier molecular flexibility index (Phi) is 3.56. The molecule has 1 N–H and O–H groups in total. The van der Waals surface area contributed by atoms with Gasteiger partial charge in [-0.1, -0.05) is 0 Å². The molecule has 0 radical (unpaired) electrons. The maximum Gasteiger partial charge on any atom is 0.0826 e. The Labute approximate surface area is 123 Å². The average molecular weight is 278 g/mol. The Balaban J connectivity index is 1.36. The van der Waals surface area contributed by atoms with Crippen molar-refractivity contribution in [3.8, 4) is 0 Å². The van der Waals surface area contributed by atoms with Gasteiger partial charge in [-0.15, -0.1) is 0 Å². The van der Waals surface area contributed by atoms with Gasteiger partial charge >= 0.3 is 0 Å². The van der Waals surface area contributed by atoms with Gasteiger partial charge in [-0.3, -0.25) is 0 Å². The predicted molar refractivity (Wildman–Crippen MR) is 80.7 cm³/mol. The Morgan fingerprint density at radius 3 is 2.30 bits per heavy atom. The SMILES string of the molecule is CN(CC1CNCCO1)CC12CC3CC(CC(C3)C1)C2. The second-order valence-electron chi connectivity index (χ2n) is 8.31. The van der Waals surface area contributed by atoms with Crippen molar-refractivity contribution in [1.82, 2.24) is 10.2 Å². The van der Waals surface area contributed by atoms with E-state index >= 15 is 0 Å². The van der Waals surface area contributed by atoms with E-state index in [1.54, 1.807) is 19.3 Å². The van der Waals surface area contributed by atoms with Gasteiger partial charge in [0, 0.05) is 26.2 Å². The van der Waals surface area contributed by atoms with E-state index < -0.39 is 0 Å². The van der Waals surface area contributed by atoms with Crippen LogP contribution in [-0.4, -0.2) is 50.8 Å². The fourth-order valence-electron chi connectivity index (χ4n) is 6.21. The minimum atomic E-state index is 0.405. The summed E-state index contributed by atoms with van der Waals surface area (Å²) < 4.78 is 5.87. The first-order valence-electron chi connectivity index (χ1n) is 8.72. The van der Waals surface area contributed by atoms with E-state index in [0.717, 1.165) is 44.0 Å². The first-order valence-corrected chi connectivity index (χ1v) is 8.72. The van der Waals surface area contributed by atoms with E-state index in [0.29, 0.717) is 11.5 Å². The minimum absolute atomic E-state index is 0.405. The van der Waals surface area contributed by atoms with Crippen molar-refractivity contribution in [2.75, 3.05) is 39.8 Å². The van der Waals surface area contributed by atoms with Crippen molar-refractivity contribution in [2.45, 2.75) is 44.6 Å². The van der Waals surface area contributed by atoms with Crippen molar-refractivity contribution in [3.63, 3.8) is 0 Å². The van der Waals surface area contributed by atoms with Gasteiger partial charge in [-0.2, -0.15) is 0 Å². The molecule has 1 heterocycles. The highest BCUT2D eigenvalue weighted by molar-refractivity contribution is 5.02. The fourth-order valence-corrected chi connectivity index (χ4v) is 6.21. The highest BCUT2D eigenvalue weighted by atomic mass is 16.5. The van der Waals surface area contributed by atoms with Crippen molar-refractivity contribution in [1.29, 1.82) is 0 Å². The highest BCUT2D eigenvalue weighted by Crippen LogP contribution is 2.60. The van der Waals surface area contributed by atoms with Crippen LogP contribution in [0.3, 0.4) is 0 Å². The lowest BCUT2D eigenvalue weighted by molar-refractivity contribution is -0.0733. The molecule has 3 heteroatoms.